The molecule has 1 unspecified atom stereocenters. The second kappa shape index (κ2) is 11.1. The minimum Gasteiger partial charge on any atom is -0.356 e. The largest absolute Gasteiger partial charge is 0.356 e. The Balaban J connectivity index is 1.49. The number of piperidine rings is 1. The van der Waals surface area contributed by atoms with Crippen LogP contribution in [0.5, 0.6) is 0 Å². The molecule has 2 amide bonds. The minimum atomic E-state index is -0.0326. The van der Waals surface area contributed by atoms with Gasteiger partial charge in [-0.25, -0.2) is 4.68 Å². The zero-order valence-corrected chi connectivity index (χ0v) is 20.1. The first-order valence-electron chi connectivity index (χ1n) is 12.4. The van der Waals surface area contributed by atoms with Gasteiger partial charge in [-0.3, -0.25) is 9.59 Å². The van der Waals surface area contributed by atoms with Gasteiger partial charge in [0.1, 0.15) is 5.69 Å². The monoisotopic (exact) mass is 458 g/mol. The number of benzene rings is 2. The molecule has 178 valence electrons. The van der Waals surface area contributed by atoms with Gasteiger partial charge in [-0.05, 0) is 37.3 Å². The molecule has 2 aromatic carbocycles. The van der Waals surface area contributed by atoms with Crippen LogP contribution in [-0.2, 0) is 4.79 Å². The van der Waals surface area contributed by atoms with Crippen molar-refractivity contribution in [3.63, 3.8) is 0 Å². The predicted octanol–water partition coefficient (Wildman–Crippen LogP) is 4.94. The Morgan fingerprint density at radius 1 is 1.03 bits per heavy atom. The van der Waals surface area contributed by atoms with Crippen molar-refractivity contribution < 1.29 is 9.59 Å². The number of nitrogens with zero attached hydrogens (tertiary/aromatic N) is 3. The van der Waals surface area contributed by atoms with E-state index in [0.29, 0.717) is 30.3 Å². The summed E-state index contributed by atoms with van der Waals surface area (Å²) in [5.74, 6) is 0.398. The molecule has 0 bridgehead atoms. The van der Waals surface area contributed by atoms with E-state index in [1.54, 1.807) is 4.68 Å². The van der Waals surface area contributed by atoms with Crippen molar-refractivity contribution >= 4 is 11.8 Å². The molecule has 1 atom stereocenters. The van der Waals surface area contributed by atoms with Crippen LogP contribution in [0.4, 0.5) is 0 Å². The fourth-order valence-electron chi connectivity index (χ4n) is 4.59. The van der Waals surface area contributed by atoms with E-state index in [9.17, 15) is 9.59 Å². The van der Waals surface area contributed by atoms with Gasteiger partial charge in [0.15, 0.2) is 0 Å². The molecule has 1 fully saturated rings. The smallest absolute Gasteiger partial charge is 0.257 e. The number of unbranched alkanes of at least 4 members (excludes halogenated alkanes) is 1. The molecule has 4 rings (SSSR count). The number of hydrogen-bond donors (Lipinski definition) is 1. The van der Waals surface area contributed by atoms with Gasteiger partial charge in [-0.1, -0.05) is 68.8 Å². The molecule has 34 heavy (non-hydrogen) atoms. The van der Waals surface area contributed by atoms with Gasteiger partial charge >= 0.3 is 0 Å². The third kappa shape index (κ3) is 5.38. The number of aromatic nitrogens is 2. The fraction of sp³-hybridized carbons (Fsp3) is 0.393. The summed E-state index contributed by atoms with van der Waals surface area (Å²) in [4.78, 5) is 28.0. The number of carbonyl (C=O) groups excluding carboxylic acids is 2. The summed E-state index contributed by atoms with van der Waals surface area (Å²) < 4.78 is 1.78. The van der Waals surface area contributed by atoms with E-state index in [4.69, 9.17) is 5.10 Å². The number of rotatable bonds is 8. The maximum Gasteiger partial charge on any atom is 0.257 e. The van der Waals surface area contributed by atoms with Crippen LogP contribution in [-0.4, -0.2) is 46.1 Å². The van der Waals surface area contributed by atoms with E-state index in [-0.39, 0.29) is 17.7 Å². The van der Waals surface area contributed by atoms with Gasteiger partial charge in [0, 0.05) is 37.3 Å². The van der Waals surface area contributed by atoms with Crippen molar-refractivity contribution in [3.8, 4) is 16.9 Å². The molecule has 0 saturated carbocycles. The fourth-order valence-corrected chi connectivity index (χ4v) is 4.59. The van der Waals surface area contributed by atoms with Gasteiger partial charge in [0.2, 0.25) is 5.91 Å². The molecule has 0 aliphatic carbocycles. The van der Waals surface area contributed by atoms with Gasteiger partial charge in [-0.15, -0.1) is 0 Å². The van der Waals surface area contributed by atoms with E-state index in [1.165, 1.54) is 0 Å². The van der Waals surface area contributed by atoms with Crippen LogP contribution in [0.15, 0.2) is 66.9 Å². The highest BCUT2D eigenvalue weighted by Gasteiger charge is 2.31. The van der Waals surface area contributed by atoms with Crippen molar-refractivity contribution in [2.45, 2.75) is 39.5 Å². The summed E-state index contributed by atoms with van der Waals surface area (Å²) in [7, 11) is 0. The molecule has 1 N–H and O–H groups in total. The Morgan fingerprint density at radius 3 is 2.32 bits per heavy atom. The van der Waals surface area contributed by atoms with Crippen LogP contribution >= 0.6 is 0 Å². The number of carbonyl (C=O) groups is 2. The van der Waals surface area contributed by atoms with Gasteiger partial charge < -0.3 is 10.2 Å². The molecule has 2 heterocycles. The van der Waals surface area contributed by atoms with Crippen molar-refractivity contribution in [2.75, 3.05) is 19.6 Å². The minimum absolute atomic E-state index is 0.000431. The van der Waals surface area contributed by atoms with Crippen LogP contribution < -0.4 is 5.32 Å². The first-order chi connectivity index (χ1) is 16.6. The maximum absolute atomic E-state index is 13.6. The molecule has 1 aromatic heterocycles. The molecule has 3 aromatic rings. The Hall–Kier alpha value is -3.41. The van der Waals surface area contributed by atoms with E-state index in [0.717, 1.165) is 43.5 Å². The van der Waals surface area contributed by atoms with E-state index in [2.05, 4.69) is 12.2 Å². The average Bonchev–Trinajstić information content (AvgIpc) is 3.35. The summed E-state index contributed by atoms with van der Waals surface area (Å²) in [5, 5.41) is 7.84. The highest BCUT2D eigenvalue weighted by Crippen LogP contribution is 2.29. The molecule has 1 aliphatic heterocycles. The Morgan fingerprint density at radius 2 is 1.68 bits per heavy atom. The summed E-state index contributed by atoms with van der Waals surface area (Å²) >= 11 is 0. The summed E-state index contributed by atoms with van der Waals surface area (Å²) in [6, 6.07) is 19.7. The second-order valence-electron chi connectivity index (χ2n) is 9.10. The lowest BCUT2D eigenvalue weighted by atomic mass is 9.84. The average molecular weight is 459 g/mol. The van der Waals surface area contributed by atoms with Gasteiger partial charge in [0.25, 0.3) is 5.91 Å². The molecule has 6 nitrogen and oxygen atoms in total. The predicted molar refractivity (Wildman–Crippen MR) is 135 cm³/mol. The van der Waals surface area contributed by atoms with E-state index < -0.39 is 0 Å². The van der Waals surface area contributed by atoms with Crippen molar-refractivity contribution in [3.05, 3.63) is 72.4 Å². The Labute approximate surface area is 202 Å². The van der Waals surface area contributed by atoms with Crippen LogP contribution in [0, 0.1) is 11.8 Å². The van der Waals surface area contributed by atoms with E-state index in [1.807, 2.05) is 78.7 Å². The van der Waals surface area contributed by atoms with Gasteiger partial charge in [-0.2, -0.15) is 5.10 Å². The zero-order valence-electron chi connectivity index (χ0n) is 20.1. The molecular weight excluding hydrogens is 424 g/mol. The molecular formula is C28H34N4O2. The first-order valence-corrected chi connectivity index (χ1v) is 12.4. The third-order valence-corrected chi connectivity index (χ3v) is 6.79. The lowest BCUT2D eigenvalue weighted by Gasteiger charge is -2.34. The Kier molecular flexibility index (Phi) is 7.78. The molecule has 0 radical (unpaired) electrons. The number of amides is 2. The van der Waals surface area contributed by atoms with Crippen LogP contribution in [0.3, 0.4) is 0 Å². The summed E-state index contributed by atoms with van der Waals surface area (Å²) in [5.41, 5.74) is 3.15. The molecule has 6 heteroatoms. The van der Waals surface area contributed by atoms with E-state index >= 15 is 0 Å². The summed E-state index contributed by atoms with van der Waals surface area (Å²) in [6.45, 7) is 6.18. The van der Waals surface area contributed by atoms with Gasteiger partial charge in [0.05, 0.1) is 11.3 Å². The quantitative estimate of drug-likeness (QED) is 0.486. The maximum atomic E-state index is 13.6. The summed E-state index contributed by atoms with van der Waals surface area (Å²) in [6.07, 6.45) is 5.59. The number of likely N-dealkylation sites (tertiary alicyclic amines) is 1. The molecule has 1 aliphatic rings. The van der Waals surface area contributed by atoms with Crippen LogP contribution in [0.1, 0.15) is 49.9 Å². The van der Waals surface area contributed by atoms with Crippen molar-refractivity contribution in [1.29, 1.82) is 0 Å². The van der Waals surface area contributed by atoms with Crippen molar-refractivity contribution in [1.82, 2.24) is 20.0 Å². The lowest BCUT2D eigenvalue weighted by Crippen LogP contribution is -2.42. The zero-order chi connectivity index (χ0) is 23.9. The Bertz CT molecular complexity index is 1090. The van der Waals surface area contributed by atoms with Crippen LogP contribution in [0.25, 0.3) is 16.9 Å². The van der Waals surface area contributed by atoms with Crippen molar-refractivity contribution in [2.24, 2.45) is 11.8 Å². The number of para-hydroxylation sites is 1. The highest BCUT2D eigenvalue weighted by atomic mass is 16.2. The highest BCUT2D eigenvalue weighted by molar-refractivity contribution is 6.00. The standard InChI is InChI=1S/C28H34N4O2/c1-3-4-17-29-27(33)21(2)22-15-18-31(19-16-22)28(34)25-20-32(24-13-9-6-10-14-24)30-26(25)23-11-7-5-8-12-23/h5-14,20-22H,3-4,15-19H2,1-2H3,(H,29,33). The first kappa shape index (κ1) is 23.7. The third-order valence-electron chi connectivity index (χ3n) is 6.79. The lowest BCUT2D eigenvalue weighted by molar-refractivity contribution is -0.126. The second-order valence-corrected chi connectivity index (χ2v) is 9.10. The molecule has 0 spiro atoms. The number of nitrogens with one attached hydrogen (secondary N) is 1. The molecule has 1 saturated heterocycles. The SMILES string of the molecule is CCCCNC(=O)C(C)C1CCN(C(=O)c2cn(-c3ccccc3)nc2-c2ccccc2)CC1. The number of hydrogen-bond acceptors (Lipinski definition) is 3. The van der Waals surface area contributed by atoms with Crippen LogP contribution in [0.2, 0.25) is 0 Å². The normalized spacial score (nSPS) is 15.2. The topological polar surface area (TPSA) is 67.2 Å².